The fourth-order valence-corrected chi connectivity index (χ4v) is 3.07. The third-order valence-electron chi connectivity index (χ3n) is 4.60. The van der Waals surface area contributed by atoms with Crippen molar-refractivity contribution in [1.82, 2.24) is 5.32 Å². The maximum Gasteiger partial charge on any atom is 0.311 e. The molecule has 6 heteroatoms. The molecular formula is C21H29NO5. The number of hydrogen-bond donors (Lipinski definition) is 1. The molecule has 27 heavy (non-hydrogen) atoms. The number of nitrogens with one attached hydrogen (secondary N) is 1. The Balaban J connectivity index is 1.77. The lowest BCUT2D eigenvalue weighted by atomic mass is 9.97. The molecule has 1 atom stereocenters. The summed E-state index contributed by atoms with van der Waals surface area (Å²) >= 11 is 0. The minimum atomic E-state index is -0.821. The molecule has 0 heterocycles. The number of allylic oxidation sites excluding steroid dienone is 1. The third kappa shape index (κ3) is 6.62. The van der Waals surface area contributed by atoms with Crippen LogP contribution in [0.25, 0.3) is 0 Å². The van der Waals surface area contributed by atoms with Crippen LogP contribution in [0.4, 0.5) is 0 Å². The van der Waals surface area contributed by atoms with Gasteiger partial charge in [0.25, 0.3) is 5.91 Å². The monoisotopic (exact) mass is 375 g/mol. The number of rotatable bonds is 9. The molecule has 0 radical (unpaired) electrons. The minimum absolute atomic E-state index is 0.0604. The molecule has 1 aromatic carbocycles. The molecule has 1 aliphatic rings. The molecule has 0 saturated carbocycles. The van der Waals surface area contributed by atoms with Crippen LogP contribution in [0.3, 0.4) is 0 Å². The quantitative estimate of drug-likeness (QED) is 0.530. The summed E-state index contributed by atoms with van der Waals surface area (Å²) in [6.07, 6.45) is 7.09. The van der Waals surface area contributed by atoms with Gasteiger partial charge < -0.3 is 19.5 Å². The number of carbonyl (C=O) groups excluding carboxylic acids is 2. The average molecular weight is 375 g/mol. The number of benzene rings is 1. The van der Waals surface area contributed by atoms with E-state index in [0.29, 0.717) is 18.0 Å². The molecule has 148 valence electrons. The first kappa shape index (κ1) is 20.8. The molecule has 0 unspecified atom stereocenters. The highest BCUT2D eigenvalue weighted by Crippen LogP contribution is 2.27. The highest BCUT2D eigenvalue weighted by molar-refractivity contribution is 5.83. The van der Waals surface area contributed by atoms with Crippen molar-refractivity contribution < 1.29 is 23.8 Å². The highest BCUT2D eigenvalue weighted by atomic mass is 16.5. The van der Waals surface area contributed by atoms with Crippen molar-refractivity contribution >= 4 is 11.9 Å². The summed E-state index contributed by atoms with van der Waals surface area (Å²) in [6.45, 7) is 2.16. The Labute approximate surface area is 160 Å². The summed E-state index contributed by atoms with van der Waals surface area (Å²) in [6, 6.07) is 5.23. The summed E-state index contributed by atoms with van der Waals surface area (Å²) in [5, 5.41) is 2.84. The molecule has 2 rings (SSSR count). The fraction of sp³-hybridized carbons (Fsp3) is 0.524. The van der Waals surface area contributed by atoms with E-state index >= 15 is 0 Å². The van der Waals surface area contributed by atoms with Crippen LogP contribution in [-0.4, -0.2) is 38.7 Å². The Kier molecular flexibility index (Phi) is 8.17. The van der Waals surface area contributed by atoms with Crippen molar-refractivity contribution in [2.75, 3.05) is 20.8 Å². The first-order valence-corrected chi connectivity index (χ1v) is 9.39. The molecule has 1 aromatic rings. The molecule has 0 spiro atoms. The second-order valence-electron chi connectivity index (χ2n) is 6.65. The van der Waals surface area contributed by atoms with Gasteiger partial charge in [-0.1, -0.05) is 17.7 Å². The summed E-state index contributed by atoms with van der Waals surface area (Å²) in [7, 11) is 3.09. The zero-order valence-corrected chi connectivity index (χ0v) is 16.4. The average Bonchev–Trinajstić information content (AvgIpc) is 2.68. The fourth-order valence-electron chi connectivity index (χ4n) is 3.07. The lowest BCUT2D eigenvalue weighted by Crippen LogP contribution is -2.36. The van der Waals surface area contributed by atoms with Gasteiger partial charge in [0.05, 0.1) is 20.6 Å². The first-order chi connectivity index (χ1) is 13.0. The van der Waals surface area contributed by atoms with Crippen LogP contribution in [0.2, 0.25) is 0 Å². The topological polar surface area (TPSA) is 73.9 Å². The van der Waals surface area contributed by atoms with Gasteiger partial charge in [0, 0.05) is 6.54 Å². The molecule has 0 aliphatic heterocycles. The van der Waals surface area contributed by atoms with Gasteiger partial charge in [-0.15, -0.1) is 0 Å². The van der Waals surface area contributed by atoms with Crippen molar-refractivity contribution in [3.05, 3.63) is 35.4 Å². The van der Waals surface area contributed by atoms with Crippen molar-refractivity contribution in [3.8, 4) is 11.5 Å². The van der Waals surface area contributed by atoms with Crippen LogP contribution < -0.4 is 14.8 Å². The van der Waals surface area contributed by atoms with E-state index in [1.807, 2.05) is 0 Å². The summed E-state index contributed by atoms with van der Waals surface area (Å²) in [5.41, 5.74) is 2.13. The Morgan fingerprint density at radius 3 is 2.59 bits per heavy atom. The van der Waals surface area contributed by atoms with Gasteiger partial charge in [0.1, 0.15) is 0 Å². The van der Waals surface area contributed by atoms with E-state index in [2.05, 4.69) is 11.4 Å². The molecule has 0 bridgehead atoms. The van der Waals surface area contributed by atoms with Crippen molar-refractivity contribution in [2.24, 2.45) is 0 Å². The lowest BCUT2D eigenvalue weighted by molar-refractivity contribution is -0.154. The normalized spacial score (nSPS) is 14.7. The minimum Gasteiger partial charge on any atom is -0.493 e. The van der Waals surface area contributed by atoms with Crippen molar-refractivity contribution in [1.29, 1.82) is 0 Å². The van der Waals surface area contributed by atoms with Gasteiger partial charge in [-0.05, 0) is 56.7 Å². The molecule has 1 N–H and O–H groups in total. The third-order valence-corrected chi connectivity index (χ3v) is 4.60. The number of esters is 1. The van der Waals surface area contributed by atoms with Gasteiger partial charge in [0.15, 0.2) is 17.6 Å². The highest BCUT2D eigenvalue weighted by Gasteiger charge is 2.18. The lowest BCUT2D eigenvalue weighted by Gasteiger charge is -2.16. The van der Waals surface area contributed by atoms with Gasteiger partial charge in [0.2, 0.25) is 0 Å². The number of carbonyl (C=O) groups is 2. The smallest absolute Gasteiger partial charge is 0.311 e. The molecule has 0 saturated heterocycles. The second-order valence-corrected chi connectivity index (χ2v) is 6.65. The Hall–Kier alpha value is -2.50. The molecule has 0 aromatic heterocycles. The van der Waals surface area contributed by atoms with Gasteiger partial charge in [-0.3, -0.25) is 9.59 Å². The van der Waals surface area contributed by atoms with Crippen LogP contribution >= 0.6 is 0 Å². The SMILES string of the molecule is COc1ccc(CC(=O)O[C@@H](C)C(=O)NCCC2=CCCCC2)cc1OC. The Morgan fingerprint density at radius 2 is 1.93 bits per heavy atom. The van der Waals surface area contributed by atoms with E-state index in [0.717, 1.165) is 24.8 Å². The Morgan fingerprint density at radius 1 is 1.15 bits per heavy atom. The number of hydrogen-bond acceptors (Lipinski definition) is 5. The van der Waals surface area contributed by atoms with E-state index in [4.69, 9.17) is 14.2 Å². The molecule has 0 fully saturated rings. The van der Waals surface area contributed by atoms with Gasteiger partial charge in [-0.25, -0.2) is 0 Å². The zero-order valence-electron chi connectivity index (χ0n) is 16.4. The molecule has 1 amide bonds. The molecule has 1 aliphatic carbocycles. The maximum absolute atomic E-state index is 12.1. The van der Waals surface area contributed by atoms with E-state index in [1.54, 1.807) is 32.2 Å². The zero-order chi connectivity index (χ0) is 19.6. The van der Waals surface area contributed by atoms with Gasteiger partial charge >= 0.3 is 5.97 Å². The summed E-state index contributed by atoms with van der Waals surface area (Å²) in [5.74, 6) is 0.410. The first-order valence-electron chi connectivity index (χ1n) is 9.39. The van der Waals surface area contributed by atoms with E-state index in [9.17, 15) is 9.59 Å². The summed E-state index contributed by atoms with van der Waals surface area (Å²) in [4.78, 5) is 24.2. The predicted octanol–water partition coefficient (Wildman–Crippen LogP) is 3.18. The maximum atomic E-state index is 12.1. The molecular weight excluding hydrogens is 346 g/mol. The molecule has 6 nitrogen and oxygen atoms in total. The van der Waals surface area contributed by atoms with Crippen LogP contribution in [0, 0.1) is 0 Å². The number of methoxy groups -OCH3 is 2. The number of ether oxygens (including phenoxy) is 3. The predicted molar refractivity (Wildman–Crippen MR) is 103 cm³/mol. The van der Waals surface area contributed by atoms with Crippen LogP contribution in [0.15, 0.2) is 29.8 Å². The van der Waals surface area contributed by atoms with E-state index < -0.39 is 12.1 Å². The van der Waals surface area contributed by atoms with Gasteiger partial charge in [-0.2, -0.15) is 0 Å². The van der Waals surface area contributed by atoms with Crippen LogP contribution in [-0.2, 0) is 20.7 Å². The van der Waals surface area contributed by atoms with Crippen LogP contribution in [0.5, 0.6) is 11.5 Å². The van der Waals surface area contributed by atoms with E-state index in [1.165, 1.54) is 25.5 Å². The largest absolute Gasteiger partial charge is 0.493 e. The van der Waals surface area contributed by atoms with Crippen molar-refractivity contribution in [2.45, 2.75) is 51.6 Å². The van der Waals surface area contributed by atoms with Crippen LogP contribution in [0.1, 0.15) is 44.6 Å². The number of amides is 1. The Bertz CT molecular complexity index is 683. The summed E-state index contributed by atoms with van der Waals surface area (Å²) < 4.78 is 15.7. The second kappa shape index (κ2) is 10.6. The van der Waals surface area contributed by atoms with Crippen molar-refractivity contribution in [3.63, 3.8) is 0 Å². The van der Waals surface area contributed by atoms with E-state index in [-0.39, 0.29) is 12.3 Å². The standard InChI is InChI=1S/C21H29NO5/c1-15(21(24)22-12-11-16-7-5-4-6-8-16)27-20(23)14-17-9-10-18(25-2)19(13-17)26-3/h7,9-10,13,15H,4-6,8,11-12,14H2,1-3H3,(H,22,24)/t15-/m0/s1.